The zero-order valence-electron chi connectivity index (χ0n) is 5.15. The van der Waals surface area contributed by atoms with Gasteiger partial charge >= 0.3 is 12.1 Å². The van der Waals surface area contributed by atoms with Crippen molar-refractivity contribution in [3.05, 3.63) is 11.6 Å². The molecule has 0 aliphatic heterocycles. The van der Waals surface area contributed by atoms with Crippen LogP contribution in [0.25, 0.3) is 0 Å². The highest BCUT2D eigenvalue weighted by atomic mass is 127. The highest BCUT2D eigenvalue weighted by Crippen LogP contribution is 2.25. The van der Waals surface area contributed by atoms with Gasteiger partial charge in [-0.2, -0.15) is 13.2 Å². The Morgan fingerprint density at radius 1 is 1.55 bits per heavy atom. The maximum atomic E-state index is 11.7. The van der Waals surface area contributed by atoms with Gasteiger partial charge in [-0.15, -0.1) is 0 Å². The van der Waals surface area contributed by atoms with Crippen LogP contribution in [0.5, 0.6) is 0 Å². The van der Waals surface area contributed by atoms with Crippen molar-refractivity contribution in [1.82, 2.24) is 0 Å². The van der Waals surface area contributed by atoms with Gasteiger partial charge in [0.15, 0.2) is 0 Å². The molecule has 0 radical (unpaired) electrons. The third-order valence-electron chi connectivity index (χ3n) is 0.817. The molecule has 11 heavy (non-hydrogen) atoms. The van der Waals surface area contributed by atoms with Crippen LogP contribution in [0.2, 0.25) is 0 Å². The van der Waals surface area contributed by atoms with E-state index in [0.717, 1.165) is 0 Å². The van der Waals surface area contributed by atoms with Crippen molar-refractivity contribution in [2.45, 2.75) is 6.18 Å². The third kappa shape index (κ3) is 3.59. The van der Waals surface area contributed by atoms with Crippen LogP contribution in [-0.4, -0.2) is 21.7 Å². The minimum atomic E-state index is -4.75. The van der Waals surface area contributed by atoms with Gasteiger partial charge in [-0.1, -0.05) is 28.7 Å². The van der Waals surface area contributed by atoms with Crippen molar-refractivity contribution in [3.63, 3.8) is 0 Å². The van der Waals surface area contributed by atoms with Crippen LogP contribution < -0.4 is 0 Å². The van der Waals surface area contributed by atoms with Crippen molar-refractivity contribution in [3.8, 4) is 0 Å². The van der Waals surface area contributed by atoms with Crippen molar-refractivity contribution in [2.75, 3.05) is 4.43 Å². The normalized spacial score (nSPS) is 13.3. The molecule has 0 unspecified atom stereocenters. The van der Waals surface area contributed by atoms with Crippen molar-refractivity contribution in [2.24, 2.45) is 0 Å². The van der Waals surface area contributed by atoms with E-state index in [1.54, 1.807) is 22.6 Å². The minimum Gasteiger partial charge on any atom is -0.478 e. The number of carbonyl (C=O) groups is 1. The zero-order valence-corrected chi connectivity index (χ0v) is 7.31. The summed E-state index contributed by atoms with van der Waals surface area (Å²) in [7, 11) is 0. The number of halogens is 4. The second kappa shape index (κ2) is 3.93. The number of alkyl halides is 4. The fourth-order valence-electron chi connectivity index (χ4n) is 0.401. The SMILES string of the molecule is O=C(O)/C(=C/CI)C(F)(F)F. The summed E-state index contributed by atoms with van der Waals surface area (Å²) in [6.07, 6.45) is -4.13. The quantitative estimate of drug-likeness (QED) is 0.477. The molecule has 0 aliphatic carbocycles. The average molecular weight is 280 g/mol. The fraction of sp³-hybridized carbons (Fsp3) is 0.400. The number of carboxylic acids is 1. The molecule has 1 N–H and O–H groups in total. The van der Waals surface area contributed by atoms with Gasteiger partial charge < -0.3 is 5.11 Å². The third-order valence-corrected chi connectivity index (χ3v) is 1.26. The lowest BCUT2D eigenvalue weighted by Gasteiger charge is -2.05. The maximum absolute atomic E-state index is 11.7. The summed E-state index contributed by atoms with van der Waals surface area (Å²) in [5.41, 5.74) is -1.51. The molecular formula is C5H4F3IO2. The first-order valence-electron chi connectivity index (χ1n) is 2.46. The van der Waals surface area contributed by atoms with E-state index in [9.17, 15) is 18.0 Å². The molecule has 0 fully saturated rings. The minimum absolute atomic E-state index is 0.0267. The largest absolute Gasteiger partial charge is 0.478 e. The lowest BCUT2D eigenvalue weighted by atomic mass is 10.2. The average Bonchev–Trinajstić information content (AvgIpc) is 1.79. The molecule has 2 nitrogen and oxygen atoms in total. The summed E-state index contributed by atoms with van der Waals surface area (Å²) in [5.74, 6) is -1.94. The van der Waals surface area contributed by atoms with Gasteiger partial charge in [0.2, 0.25) is 0 Å². The Bertz CT molecular complexity index is 185. The van der Waals surface area contributed by atoms with E-state index in [-0.39, 0.29) is 4.43 Å². The Hall–Kier alpha value is -0.270. The number of hydrogen-bond acceptors (Lipinski definition) is 1. The van der Waals surface area contributed by atoms with E-state index in [4.69, 9.17) is 5.11 Å². The van der Waals surface area contributed by atoms with Crippen LogP contribution in [0, 0.1) is 0 Å². The van der Waals surface area contributed by atoms with E-state index < -0.39 is 17.7 Å². The van der Waals surface area contributed by atoms with E-state index in [1.807, 2.05) is 0 Å². The summed E-state index contributed by atoms with van der Waals surface area (Å²) < 4.78 is 35.1. The number of rotatable bonds is 2. The summed E-state index contributed by atoms with van der Waals surface area (Å²) >= 11 is 1.64. The van der Waals surface area contributed by atoms with Gasteiger partial charge in [0, 0.05) is 4.43 Å². The molecule has 0 amide bonds. The Morgan fingerprint density at radius 3 is 2.09 bits per heavy atom. The zero-order chi connectivity index (χ0) is 9.07. The molecule has 6 heteroatoms. The fourth-order valence-corrected chi connectivity index (χ4v) is 0.842. The Morgan fingerprint density at radius 2 is 2.00 bits per heavy atom. The highest BCUT2D eigenvalue weighted by Gasteiger charge is 2.38. The standard InChI is InChI=1S/C5H4F3IO2/c6-5(7,8)3(1-2-9)4(10)11/h1H,2H2,(H,10,11)/b3-1-. The second-order valence-electron chi connectivity index (χ2n) is 1.58. The van der Waals surface area contributed by atoms with Gasteiger partial charge in [0.1, 0.15) is 5.57 Å². The van der Waals surface area contributed by atoms with Crippen LogP contribution in [0.4, 0.5) is 13.2 Å². The van der Waals surface area contributed by atoms with Gasteiger partial charge in [-0.05, 0) is 0 Å². The van der Waals surface area contributed by atoms with E-state index in [1.165, 1.54) is 0 Å². The Labute approximate surface area is 74.2 Å². The lowest BCUT2D eigenvalue weighted by Crippen LogP contribution is -2.19. The number of aliphatic carboxylic acids is 1. The predicted molar refractivity (Wildman–Crippen MR) is 40.7 cm³/mol. The second-order valence-corrected chi connectivity index (χ2v) is 2.46. The molecule has 0 aromatic heterocycles. The van der Waals surface area contributed by atoms with E-state index >= 15 is 0 Å². The van der Waals surface area contributed by atoms with Crippen molar-refractivity contribution in [1.29, 1.82) is 0 Å². The van der Waals surface area contributed by atoms with Crippen LogP contribution in [0.1, 0.15) is 0 Å². The molecule has 0 aromatic rings. The summed E-state index contributed by atoms with van der Waals surface area (Å²) in [4.78, 5) is 9.94. The molecule has 0 bridgehead atoms. The summed E-state index contributed by atoms with van der Waals surface area (Å²) in [6, 6.07) is 0. The highest BCUT2D eigenvalue weighted by molar-refractivity contribution is 14.1. The van der Waals surface area contributed by atoms with E-state index in [0.29, 0.717) is 6.08 Å². The molecule has 0 saturated carbocycles. The predicted octanol–water partition coefficient (Wildman–Crippen LogP) is 1.99. The van der Waals surface area contributed by atoms with E-state index in [2.05, 4.69) is 0 Å². The monoisotopic (exact) mass is 280 g/mol. The first kappa shape index (κ1) is 10.7. The molecule has 64 valence electrons. The van der Waals surface area contributed by atoms with Crippen LogP contribution >= 0.6 is 22.6 Å². The topological polar surface area (TPSA) is 37.3 Å². The number of hydrogen-bond donors (Lipinski definition) is 1. The summed E-state index contributed by atoms with van der Waals surface area (Å²) in [6.45, 7) is 0. The first-order valence-corrected chi connectivity index (χ1v) is 3.98. The smallest absolute Gasteiger partial charge is 0.423 e. The van der Waals surface area contributed by atoms with Crippen LogP contribution in [-0.2, 0) is 4.79 Å². The molecule has 0 heterocycles. The molecule has 0 spiro atoms. The molecule has 0 saturated heterocycles. The maximum Gasteiger partial charge on any atom is 0.423 e. The van der Waals surface area contributed by atoms with Gasteiger partial charge in [-0.3, -0.25) is 0 Å². The lowest BCUT2D eigenvalue weighted by molar-refractivity contribution is -0.144. The molecular weight excluding hydrogens is 276 g/mol. The van der Waals surface area contributed by atoms with Gasteiger partial charge in [0.05, 0.1) is 0 Å². The Balaban J connectivity index is 4.63. The molecule has 0 aromatic carbocycles. The van der Waals surface area contributed by atoms with Gasteiger partial charge in [0.25, 0.3) is 0 Å². The van der Waals surface area contributed by atoms with Crippen molar-refractivity contribution >= 4 is 28.6 Å². The van der Waals surface area contributed by atoms with Crippen LogP contribution in [0.15, 0.2) is 11.6 Å². The molecule has 0 aliphatic rings. The molecule has 0 rings (SSSR count). The van der Waals surface area contributed by atoms with Crippen molar-refractivity contribution < 1.29 is 23.1 Å². The summed E-state index contributed by atoms with van der Waals surface area (Å²) in [5, 5.41) is 8.05. The Kier molecular flexibility index (Phi) is 3.84. The molecule has 0 atom stereocenters. The van der Waals surface area contributed by atoms with Crippen LogP contribution in [0.3, 0.4) is 0 Å². The number of allylic oxidation sites excluding steroid dienone is 1. The van der Waals surface area contributed by atoms with Gasteiger partial charge in [-0.25, -0.2) is 4.79 Å². The number of carboxylic acid groups (broad SMARTS) is 1. The first-order chi connectivity index (χ1) is 4.89.